The van der Waals surface area contributed by atoms with E-state index in [0.717, 1.165) is 24.0 Å². The minimum Gasteiger partial charge on any atom is -0.481 e. The van der Waals surface area contributed by atoms with Crippen molar-refractivity contribution < 1.29 is 15.0 Å². The lowest BCUT2D eigenvalue weighted by Gasteiger charge is -2.29. The Bertz CT molecular complexity index is 430. The molecule has 0 aliphatic carbocycles. The summed E-state index contributed by atoms with van der Waals surface area (Å²) in [5.41, 5.74) is 1.86. The van der Waals surface area contributed by atoms with Crippen LogP contribution in [0.1, 0.15) is 50.7 Å². The fourth-order valence-corrected chi connectivity index (χ4v) is 2.02. The third kappa shape index (κ3) is 4.62. The maximum Gasteiger partial charge on any atom is 0.310 e. The van der Waals surface area contributed by atoms with Gasteiger partial charge in [0.2, 0.25) is 0 Å². The summed E-state index contributed by atoms with van der Waals surface area (Å²) < 4.78 is 0. The molecule has 2 atom stereocenters. The maximum absolute atomic E-state index is 10.9. The van der Waals surface area contributed by atoms with Crippen molar-refractivity contribution in [1.82, 2.24) is 5.32 Å². The number of rotatable bonds is 8. The first-order valence-corrected chi connectivity index (χ1v) is 7.09. The van der Waals surface area contributed by atoms with Crippen molar-refractivity contribution >= 4 is 5.97 Å². The quantitative estimate of drug-likeness (QED) is 0.684. The van der Waals surface area contributed by atoms with E-state index in [-0.39, 0.29) is 12.1 Å². The van der Waals surface area contributed by atoms with E-state index in [2.05, 4.69) is 19.2 Å². The maximum atomic E-state index is 10.9. The Morgan fingerprint density at radius 1 is 1.35 bits per heavy atom. The van der Waals surface area contributed by atoms with Gasteiger partial charge >= 0.3 is 5.97 Å². The molecule has 0 bridgehead atoms. The van der Waals surface area contributed by atoms with Gasteiger partial charge in [-0.15, -0.1) is 0 Å². The Morgan fingerprint density at radius 3 is 2.40 bits per heavy atom. The monoisotopic (exact) mass is 279 g/mol. The molecule has 0 fully saturated rings. The van der Waals surface area contributed by atoms with Crippen molar-refractivity contribution in [1.29, 1.82) is 0 Å². The first kappa shape index (κ1) is 16.7. The molecular weight excluding hydrogens is 254 g/mol. The molecule has 0 spiro atoms. The topological polar surface area (TPSA) is 69.6 Å². The molecule has 0 aromatic heterocycles. The Labute approximate surface area is 120 Å². The normalized spacial score (nSPS) is 15.6. The molecule has 0 aliphatic rings. The fourth-order valence-electron chi connectivity index (χ4n) is 2.02. The molecular formula is C16H25NO3. The number of hydrogen-bond acceptors (Lipinski definition) is 3. The molecule has 112 valence electrons. The second kappa shape index (κ2) is 7.41. The summed E-state index contributed by atoms with van der Waals surface area (Å²) in [6.45, 7) is 6.77. The van der Waals surface area contributed by atoms with E-state index in [0.29, 0.717) is 6.54 Å². The first-order valence-electron chi connectivity index (χ1n) is 7.09. The van der Waals surface area contributed by atoms with Crippen LogP contribution in [0.25, 0.3) is 0 Å². The van der Waals surface area contributed by atoms with Crippen molar-refractivity contribution in [3.05, 3.63) is 35.4 Å². The van der Waals surface area contributed by atoms with Crippen LogP contribution < -0.4 is 5.32 Å². The predicted octanol–water partition coefficient (Wildman–Crippen LogP) is 2.52. The van der Waals surface area contributed by atoms with Crippen LogP contribution in [0.3, 0.4) is 0 Å². The van der Waals surface area contributed by atoms with Crippen LogP contribution in [0, 0.1) is 0 Å². The van der Waals surface area contributed by atoms with Crippen LogP contribution >= 0.6 is 0 Å². The summed E-state index contributed by atoms with van der Waals surface area (Å²) in [5.74, 6) is -1.29. The van der Waals surface area contributed by atoms with Gasteiger partial charge in [-0.3, -0.25) is 4.79 Å². The molecule has 2 unspecified atom stereocenters. The summed E-state index contributed by atoms with van der Waals surface area (Å²) in [6, 6.07) is 7.64. The number of aliphatic hydroxyl groups is 1. The standard InChI is InChI=1S/C16H25NO3/c1-4-16(3,9-10-18)17-11-13-5-7-14(8-6-13)12(2)15(19)20/h5-8,12,17-18H,4,9-11H2,1-3H3,(H,19,20). The van der Waals surface area contributed by atoms with Crippen molar-refractivity contribution in [3.8, 4) is 0 Å². The molecule has 3 N–H and O–H groups in total. The summed E-state index contributed by atoms with van der Waals surface area (Å²) in [5, 5.41) is 21.5. The van der Waals surface area contributed by atoms with Gasteiger partial charge in [0.1, 0.15) is 0 Å². The number of nitrogens with one attached hydrogen (secondary N) is 1. The van der Waals surface area contributed by atoms with Crippen LogP contribution in [0.15, 0.2) is 24.3 Å². The van der Waals surface area contributed by atoms with E-state index in [1.165, 1.54) is 0 Å². The van der Waals surface area contributed by atoms with E-state index in [1.54, 1.807) is 6.92 Å². The number of benzene rings is 1. The number of aliphatic hydroxyl groups excluding tert-OH is 1. The zero-order valence-corrected chi connectivity index (χ0v) is 12.5. The number of carboxylic acid groups (broad SMARTS) is 1. The van der Waals surface area contributed by atoms with Crippen molar-refractivity contribution in [2.24, 2.45) is 0 Å². The van der Waals surface area contributed by atoms with Crippen LogP contribution in [-0.4, -0.2) is 28.3 Å². The summed E-state index contributed by atoms with van der Waals surface area (Å²) in [4.78, 5) is 10.9. The smallest absolute Gasteiger partial charge is 0.310 e. The summed E-state index contributed by atoms with van der Waals surface area (Å²) in [7, 11) is 0. The highest BCUT2D eigenvalue weighted by Crippen LogP contribution is 2.18. The zero-order valence-electron chi connectivity index (χ0n) is 12.5. The second-order valence-corrected chi connectivity index (χ2v) is 5.54. The van der Waals surface area contributed by atoms with Gasteiger partial charge in [-0.2, -0.15) is 0 Å². The fraction of sp³-hybridized carbons (Fsp3) is 0.562. The van der Waals surface area contributed by atoms with Crippen molar-refractivity contribution in [2.75, 3.05) is 6.61 Å². The molecule has 1 rings (SSSR count). The van der Waals surface area contributed by atoms with Crippen LogP contribution in [0.5, 0.6) is 0 Å². The van der Waals surface area contributed by atoms with Gasteiger partial charge in [0, 0.05) is 18.7 Å². The third-order valence-electron chi connectivity index (χ3n) is 4.01. The highest BCUT2D eigenvalue weighted by molar-refractivity contribution is 5.75. The number of hydrogen-bond donors (Lipinski definition) is 3. The van der Waals surface area contributed by atoms with Gasteiger partial charge in [0.25, 0.3) is 0 Å². The van der Waals surface area contributed by atoms with E-state index in [4.69, 9.17) is 10.2 Å². The van der Waals surface area contributed by atoms with E-state index < -0.39 is 11.9 Å². The highest BCUT2D eigenvalue weighted by Gasteiger charge is 2.20. The van der Waals surface area contributed by atoms with Crippen LogP contribution in [0.4, 0.5) is 0 Å². The van der Waals surface area contributed by atoms with Gasteiger partial charge in [-0.1, -0.05) is 31.2 Å². The lowest BCUT2D eigenvalue weighted by atomic mass is 9.94. The minimum atomic E-state index is -0.808. The lowest BCUT2D eigenvalue weighted by molar-refractivity contribution is -0.138. The Balaban J connectivity index is 2.64. The third-order valence-corrected chi connectivity index (χ3v) is 4.01. The van der Waals surface area contributed by atoms with Crippen LogP contribution in [-0.2, 0) is 11.3 Å². The van der Waals surface area contributed by atoms with Gasteiger partial charge in [-0.25, -0.2) is 0 Å². The molecule has 0 saturated carbocycles. The number of aliphatic carboxylic acids is 1. The second-order valence-electron chi connectivity index (χ2n) is 5.54. The minimum absolute atomic E-state index is 0.0677. The molecule has 0 radical (unpaired) electrons. The SMILES string of the molecule is CCC(C)(CCO)NCc1ccc(C(C)C(=O)O)cc1. The average Bonchev–Trinajstić information content (AvgIpc) is 2.45. The van der Waals surface area contributed by atoms with Gasteiger partial charge < -0.3 is 15.5 Å². The molecule has 4 nitrogen and oxygen atoms in total. The van der Waals surface area contributed by atoms with Gasteiger partial charge in [0.05, 0.1) is 5.92 Å². The Morgan fingerprint density at radius 2 is 1.95 bits per heavy atom. The molecule has 0 amide bonds. The van der Waals surface area contributed by atoms with Gasteiger partial charge in [0.15, 0.2) is 0 Å². The lowest BCUT2D eigenvalue weighted by Crippen LogP contribution is -2.42. The van der Waals surface area contributed by atoms with Crippen molar-refractivity contribution in [2.45, 2.75) is 51.6 Å². The molecule has 1 aromatic carbocycles. The summed E-state index contributed by atoms with van der Waals surface area (Å²) in [6.07, 6.45) is 1.67. The molecule has 4 heteroatoms. The zero-order chi connectivity index (χ0) is 15.2. The van der Waals surface area contributed by atoms with Crippen molar-refractivity contribution in [3.63, 3.8) is 0 Å². The van der Waals surface area contributed by atoms with E-state index >= 15 is 0 Å². The van der Waals surface area contributed by atoms with E-state index in [9.17, 15) is 4.79 Å². The van der Waals surface area contributed by atoms with E-state index in [1.807, 2.05) is 24.3 Å². The Hall–Kier alpha value is -1.39. The molecule has 0 heterocycles. The number of carboxylic acids is 1. The Kier molecular flexibility index (Phi) is 6.17. The predicted molar refractivity (Wildman–Crippen MR) is 79.7 cm³/mol. The average molecular weight is 279 g/mol. The number of carbonyl (C=O) groups is 1. The summed E-state index contributed by atoms with van der Waals surface area (Å²) >= 11 is 0. The highest BCUT2D eigenvalue weighted by atomic mass is 16.4. The van der Waals surface area contributed by atoms with Crippen LogP contribution in [0.2, 0.25) is 0 Å². The molecule has 0 aliphatic heterocycles. The van der Waals surface area contributed by atoms with Gasteiger partial charge in [-0.05, 0) is 37.8 Å². The first-order chi connectivity index (χ1) is 9.41. The molecule has 1 aromatic rings. The molecule has 20 heavy (non-hydrogen) atoms. The molecule has 0 saturated heterocycles. The largest absolute Gasteiger partial charge is 0.481 e.